The standard InChI is InChI=1S/C24H32N4O3/c1-30-21-9-8-19(18-22(21)31-2)20-6-5-12-28(20)24(29)10-13-26-14-16-27(17-15-26)23-7-3-4-11-25-23/h3-4,7-9,11,18,20H,5-6,10,12-17H2,1-2H3. The van der Waals surface area contributed by atoms with Gasteiger partial charge in [0.1, 0.15) is 5.82 Å². The average molecular weight is 425 g/mol. The van der Waals surface area contributed by atoms with E-state index in [2.05, 4.69) is 26.9 Å². The van der Waals surface area contributed by atoms with E-state index in [-0.39, 0.29) is 11.9 Å². The van der Waals surface area contributed by atoms with Crippen LogP contribution in [0.2, 0.25) is 0 Å². The van der Waals surface area contributed by atoms with Crippen LogP contribution in [0.5, 0.6) is 11.5 Å². The molecule has 166 valence electrons. The number of benzene rings is 1. The lowest BCUT2D eigenvalue weighted by atomic mass is 10.0. The van der Waals surface area contributed by atoms with E-state index in [4.69, 9.17) is 9.47 Å². The Balaban J connectivity index is 1.30. The molecule has 1 atom stereocenters. The molecule has 0 radical (unpaired) electrons. The van der Waals surface area contributed by atoms with E-state index in [0.717, 1.165) is 63.5 Å². The third-order valence-electron chi connectivity index (χ3n) is 6.35. The van der Waals surface area contributed by atoms with Gasteiger partial charge in [-0.15, -0.1) is 0 Å². The normalized spacial score (nSPS) is 19.5. The number of pyridine rings is 1. The van der Waals surface area contributed by atoms with Crippen molar-refractivity contribution in [3.63, 3.8) is 0 Å². The number of ether oxygens (including phenoxy) is 2. The molecule has 0 aliphatic carbocycles. The second-order valence-electron chi connectivity index (χ2n) is 8.13. The van der Waals surface area contributed by atoms with Crippen molar-refractivity contribution in [2.75, 3.05) is 58.4 Å². The Bertz CT molecular complexity index is 868. The molecule has 2 aliphatic heterocycles. The second kappa shape index (κ2) is 10.0. The largest absolute Gasteiger partial charge is 0.493 e. The first-order valence-electron chi connectivity index (χ1n) is 11.1. The monoisotopic (exact) mass is 424 g/mol. The molecule has 1 aromatic carbocycles. The number of rotatable bonds is 7. The van der Waals surface area contributed by atoms with Gasteiger partial charge in [0.25, 0.3) is 0 Å². The smallest absolute Gasteiger partial charge is 0.224 e. The van der Waals surface area contributed by atoms with E-state index in [0.29, 0.717) is 17.9 Å². The molecule has 1 aromatic heterocycles. The van der Waals surface area contributed by atoms with Crippen molar-refractivity contribution in [1.82, 2.24) is 14.8 Å². The molecule has 1 amide bonds. The molecule has 2 aromatic rings. The Hall–Kier alpha value is -2.80. The van der Waals surface area contributed by atoms with Crippen molar-refractivity contribution in [2.45, 2.75) is 25.3 Å². The molecule has 0 spiro atoms. The molecule has 0 bridgehead atoms. The van der Waals surface area contributed by atoms with Gasteiger partial charge in [0.15, 0.2) is 11.5 Å². The number of aromatic nitrogens is 1. The van der Waals surface area contributed by atoms with Crippen molar-refractivity contribution in [2.24, 2.45) is 0 Å². The summed E-state index contributed by atoms with van der Waals surface area (Å²) >= 11 is 0. The lowest BCUT2D eigenvalue weighted by Gasteiger charge is -2.35. The number of piperazine rings is 1. The van der Waals surface area contributed by atoms with Crippen LogP contribution in [0.15, 0.2) is 42.6 Å². The molecule has 7 heteroatoms. The zero-order chi connectivity index (χ0) is 21.6. The zero-order valence-electron chi connectivity index (χ0n) is 18.5. The summed E-state index contributed by atoms with van der Waals surface area (Å²) in [6.07, 6.45) is 4.43. The highest BCUT2D eigenvalue weighted by atomic mass is 16.5. The Kier molecular flexibility index (Phi) is 6.92. The maximum Gasteiger partial charge on any atom is 0.224 e. The highest BCUT2D eigenvalue weighted by Gasteiger charge is 2.30. The van der Waals surface area contributed by atoms with Gasteiger partial charge in [-0.05, 0) is 42.7 Å². The van der Waals surface area contributed by atoms with Gasteiger partial charge < -0.3 is 19.3 Å². The Morgan fingerprint density at radius 2 is 1.84 bits per heavy atom. The molecule has 0 saturated carbocycles. The van der Waals surface area contributed by atoms with Crippen LogP contribution in [0, 0.1) is 0 Å². The molecule has 7 nitrogen and oxygen atoms in total. The highest BCUT2D eigenvalue weighted by Crippen LogP contribution is 2.37. The van der Waals surface area contributed by atoms with E-state index in [1.165, 1.54) is 0 Å². The summed E-state index contributed by atoms with van der Waals surface area (Å²) in [6.45, 7) is 5.45. The summed E-state index contributed by atoms with van der Waals surface area (Å²) < 4.78 is 10.8. The number of hydrogen-bond donors (Lipinski definition) is 0. The Morgan fingerprint density at radius 3 is 2.55 bits per heavy atom. The van der Waals surface area contributed by atoms with Crippen molar-refractivity contribution in [3.8, 4) is 11.5 Å². The van der Waals surface area contributed by atoms with Crippen molar-refractivity contribution in [1.29, 1.82) is 0 Å². The van der Waals surface area contributed by atoms with E-state index in [1.807, 2.05) is 35.4 Å². The number of carbonyl (C=O) groups excluding carboxylic acids is 1. The molecule has 31 heavy (non-hydrogen) atoms. The fourth-order valence-corrected chi connectivity index (χ4v) is 4.61. The summed E-state index contributed by atoms with van der Waals surface area (Å²) in [6, 6.07) is 12.1. The number of anilines is 1. The van der Waals surface area contributed by atoms with Gasteiger partial charge in [-0.1, -0.05) is 12.1 Å². The maximum absolute atomic E-state index is 13.1. The van der Waals surface area contributed by atoms with E-state index >= 15 is 0 Å². The maximum atomic E-state index is 13.1. The lowest BCUT2D eigenvalue weighted by Crippen LogP contribution is -2.47. The number of methoxy groups -OCH3 is 2. The van der Waals surface area contributed by atoms with Gasteiger partial charge in [-0.3, -0.25) is 9.69 Å². The number of amides is 1. The predicted molar refractivity (Wildman–Crippen MR) is 121 cm³/mol. The van der Waals surface area contributed by atoms with Crippen LogP contribution in [0.1, 0.15) is 30.9 Å². The topological polar surface area (TPSA) is 58.1 Å². The van der Waals surface area contributed by atoms with Gasteiger partial charge >= 0.3 is 0 Å². The van der Waals surface area contributed by atoms with E-state index < -0.39 is 0 Å². The molecule has 0 N–H and O–H groups in total. The van der Waals surface area contributed by atoms with Crippen LogP contribution in [0.3, 0.4) is 0 Å². The molecule has 1 unspecified atom stereocenters. The highest BCUT2D eigenvalue weighted by molar-refractivity contribution is 5.77. The molecular formula is C24H32N4O3. The number of likely N-dealkylation sites (tertiary alicyclic amines) is 1. The first kappa shape index (κ1) is 21.4. The summed E-state index contributed by atoms with van der Waals surface area (Å²) in [7, 11) is 3.28. The van der Waals surface area contributed by atoms with Crippen LogP contribution in [0.25, 0.3) is 0 Å². The minimum Gasteiger partial charge on any atom is -0.493 e. The number of nitrogens with zero attached hydrogens (tertiary/aromatic N) is 4. The molecule has 3 heterocycles. The van der Waals surface area contributed by atoms with Gasteiger partial charge in [0.05, 0.1) is 20.3 Å². The average Bonchev–Trinajstić information content (AvgIpc) is 3.33. The van der Waals surface area contributed by atoms with Crippen LogP contribution < -0.4 is 14.4 Å². The molecular weight excluding hydrogens is 392 g/mol. The Morgan fingerprint density at radius 1 is 1.03 bits per heavy atom. The first-order chi connectivity index (χ1) is 15.2. The van der Waals surface area contributed by atoms with Crippen molar-refractivity contribution in [3.05, 3.63) is 48.2 Å². The SMILES string of the molecule is COc1ccc(C2CCCN2C(=O)CCN2CCN(c3ccccn3)CC2)cc1OC. The fourth-order valence-electron chi connectivity index (χ4n) is 4.61. The van der Waals surface area contributed by atoms with Gasteiger partial charge in [-0.2, -0.15) is 0 Å². The number of carbonyl (C=O) groups is 1. The minimum absolute atomic E-state index is 0.119. The van der Waals surface area contributed by atoms with Crippen LogP contribution >= 0.6 is 0 Å². The zero-order valence-corrected chi connectivity index (χ0v) is 18.5. The number of hydrogen-bond acceptors (Lipinski definition) is 6. The van der Waals surface area contributed by atoms with Gasteiger partial charge in [0.2, 0.25) is 5.91 Å². The van der Waals surface area contributed by atoms with Crippen molar-refractivity contribution >= 4 is 11.7 Å². The third kappa shape index (κ3) is 4.93. The first-order valence-corrected chi connectivity index (χ1v) is 11.1. The van der Waals surface area contributed by atoms with Gasteiger partial charge in [0, 0.05) is 51.9 Å². The lowest BCUT2D eigenvalue weighted by molar-refractivity contribution is -0.132. The predicted octanol–water partition coefficient (Wildman–Crippen LogP) is 2.97. The summed E-state index contributed by atoms with van der Waals surface area (Å²) in [5.74, 6) is 2.70. The van der Waals surface area contributed by atoms with E-state index in [9.17, 15) is 4.79 Å². The second-order valence-corrected chi connectivity index (χ2v) is 8.13. The third-order valence-corrected chi connectivity index (χ3v) is 6.35. The molecule has 2 saturated heterocycles. The molecule has 2 aliphatic rings. The minimum atomic E-state index is 0.119. The summed E-state index contributed by atoms with van der Waals surface area (Å²) in [4.78, 5) is 24.2. The molecule has 4 rings (SSSR count). The quantitative estimate of drug-likeness (QED) is 0.681. The molecule has 2 fully saturated rings. The van der Waals surface area contributed by atoms with Crippen LogP contribution in [-0.2, 0) is 4.79 Å². The van der Waals surface area contributed by atoms with Crippen molar-refractivity contribution < 1.29 is 14.3 Å². The van der Waals surface area contributed by atoms with Crippen LogP contribution in [0.4, 0.5) is 5.82 Å². The fraction of sp³-hybridized carbons (Fsp3) is 0.500. The van der Waals surface area contributed by atoms with Gasteiger partial charge in [-0.25, -0.2) is 4.98 Å². The summed E-state index contributed by atoms with van der Waals surface area (Å²) in [5, 5.41) is 0. The Labute approximate surface area is 184 Å². The summed E-state index contributed by atoms with van der Waals surface area (Å²) in [5.41, 5.74) is 1.12. The van der Waals surface area contributed by atoms with E-state index in [1.54, 1.807) is 14.2 Å². The van der Waals surface area contributed by atoms with Crippen LogP contribution in [-0.4, -0.2) is 74.2 Å².